The smallest absolute Gasteiger partial charge is 0.269 e. The average molecular weight is 550 g/mol. The second kappa shape index (κ2) is 10.5. The molecular formula is C28H29F2N7O3. The van der Waals surface area contributed by atoms with Crippen molar-refractivity contribution in [3.8, 4) is 5.75 Å². The van der Waals surface area contributed by atoms with Gasteiger partial charge in [-0.25, -0.2) is 18.8 Å². The van der Waals surface area contributed by atoms with Crippen molar-refractivity contribution < 1.29 is 23.1 Å². The molecule has 1 atom stereocenters. The first-order valence-corrected chi connectivity index (χ1v) is 12.7. The highest BCUT2D eigenvalue weighted by Crippen LogP contribution is 2.44. The molecule has 10 nitrogen and oxygen atoms in total. The summed E-state index contributed by atoms with van der Waals surface area (Å²) in [5.74, 6) is -1.82. The van der Waals surface area contributed by atoms with Gasteiger partial charge in [0.15, 0.2) is 11.7 Å². The van der Waals surface area contributed by atoms with Crippen molar-refractivity contribution in [1.29, 1.82) is 0 Å². The number of amidine groups is 1. The van der Waals surface area contributed by atoms with Crippen LogP contribution >= 0.6 is 0 Å². The Kier molecular flexibility index (Phi) is 7.09. The van der Waals surface area contributed by atoms with E-state index in [4.69, 9.17) is 4.74 Å². The van der Waals surface area contributed by atoms with Crippen LogP contribution in [0.4, 0.5) is 20.2 Å². The van der Waals surface area contributed by atoms with Gasteiger partial charge in [0.25, 0.3) is 5.91 Å². The second-order valence-electron chi connectivity index (χ2n) is 9.88. The Morgan fingerprint density at radius 3 is 2.80 bits per heavy atom. The molecule has 12 heteroatoms. The fourth-order valence-electron chi connectivity index (χ4n) is 5.40. The molecule has 0 aliphatic carbocycles. The summed E-state index contributed by atoms with van der Waals surface area (Å²) < 4.78 is 36.7. The summed E-state index contributed by atoms with van der Waals surface area (Å²) in [6.07, 6.45) is 4.21. The Labute approximate surface area is 229 Å². The van der Waals surface area contributed by atoms with Crippen LogP contribution in [0.5, 0.6) is 5.75 Å². The highest BCUT2D eigenvalue weighted by Gasteiger charge is 2.48. The summed E-state index contributed by atoms with van der Waals surface area (Å²) in [7, 11) is 3.07. The van der Waals surface area contributed by atoms with Crippen LogP contribution in [0.2, 0.25) is 0 Å². The van der Waals surface area contributed by atoms with Crippen molar-refractivity contribution >= 4 is 45.6 Å². The van der Waals surface area contributed by atoms with Crippen LogP contribution in [-0.2, 0) is 16.6 Å². The zero-order valence-electron chi connectivity index (χ0n) is 22.4. The number of carbonyl (C=O) groups excluding carboxylic acids is 2. The van der Waals surface area contributed by atoms with Gasteiger partial charge >= 0.3 is 0 Å². The maximum atomic E-state index is 15.2. The third-order valence-corrected chi connectivity index (χ3v) is 7.36. The number of methoxy groups -OCH3 is 1. The molecule has 2 fully saturated rings. The predicted octanol–water partition coefficient (Wildman–Crippen LogP) is 3.57. The summed E-state index contributed by atoms with van der Waals surface area (Å²) in [6.45, 7) is 6.58. The molecule has 208 valence electrons. The molecule has 40 heavy (non-hydrogen) atoms. The van der Waals surface area contributed by atoms with Crippen LogP contribution in [0.1, 0.15) is 25.3 Å². The molecule has 0 bridgehead atoms. The maximum Gasteiger partial charge on any atom is 0.269 e. The van der Waals surface area contributed by atoms with Crippen LogP contribution in [0.3, 0.4) is 0 Å². The van der Waals surface area contributed by atoms with E-state index in [1.807, 2.05) is 4.90 Å². The third kappa shape index (κ3) is 4.69. The first kappa shape index (κ1) is 27.0. The van der Waals surface area contributed by atoms with E-state index >= 15 is 4.39 Å². The summed E-state index contributed by atoms with van der Waals surface area (Å²) in [4.78, 5) is 36.3. The standard InChI is InChI=1S/C28H29F2N7O3/c1-5-31-25(22-18(29)7-6-8-21(22)40-4)33-16(2)26(38)34-20-13-19(30)23-17(14-36(3)35-23)24(20)37-12-10-28(15-37)9-11-32-27(28)39/h5-8,13-14H,1,9-12,15H2,2-4H3,(H,32,39)(H,34,38)/b31-25-,33-16+. The SMILES string of the molecule is C=C/N=C(\N=C(/C)C(=O)Nc1cc(F)c2nn(C)cc2c1N1CCC2(CCNC2=O)C1)c1c(F)cccc1OC. The molecule has 1 unspecified atom stereocenters. The minimum absolute atomic E-state index is 0.00529. The zero-order chi connectivity index (χ0) is 28.6. The zero-order valence-corrected chi connectivity index (χ0v) is 22.4. The van der Waals surface area contributed by atoms with Gasteiger partial charge in [0.1, 0.15) is 22.8 Å². The molecule has 3 heterocycles. The van der Waals surface area contributed by atoms with Gasteiger partial charge in [-0.15, -0.1) is 0 Å². The number of halogens is 2. The normalized spacial score (nSPS) is 19.4. The topological polar surface area (TPSA) is 113 Å². The molecule has 5 rings (SSSR count). The van der Waals surface area contributed by atoms with Crippen molar-refractivity contribution in [1.82, 2.24) is 15.1 Å². The number of hydrogen-bond acceptors (Lipinski definition) is 6. The lowest BCUT2D eigenvalue weighted by atomic mass is 9.86. The van der Waals surface area contributed by atoms with E-state index in [0.29, 0.717) is 43.5 Å². The van der Waals surface area contributed by atoms with Gasteiger partial charge in [-0.1, -0.05) is 12.6 Å². The van der Waals surface area contributed by atoms with Gasteiger partial charge in [-0.3, -0.25) is 14.3 Å². The monoisotopic (exact) mass is 549 g/mol. The van der Waals surface area contributed by atoms with Crippen molar-refractivity contribution in [2.24, 2.45) is 22.4 Å². The minimum atomic E-state index is -0.650. The molecule has 0 saturated carbocycles. The number of aromatic nitrogens is 2. The number of amides is 2. The van der Waals surface area contributed by atoms with Gasteiger partial charge in [-0.2, -0.15) is 5.10 Å². The Balaban J connectivity index is 1.52. The molecule has 2 amide bonds. The van der Waals surface area contributed by atoms with Crippen LogP contribution in [0.25, 0.3) is 10.9 Å². The highest BCUT2D eigenvalue weighted by atomic mass is 19.1. The van der Waals surface area contributed by atoms with Crippen molar-refractivity contribution in [2.45, 2.75) is 19.8 Å². The number of aliphatic imine (C=N–C) groups is 2. The first-order chi connectivity index (χ1) is 19.2. The molecule has 1 aromatic heterocycles. The van der Waals surface area contributed by atoms with E-state index in [1.165, 1.54) is 43.1 Å². The Morgan fingerprint density at radius 2 is 2.10 bits per heavy atom. The van der Waals surface area contributed by atoms with E-state index in [9.17, 15) is 14.0 Å². The van der Waals surface area contributed by atoms with Crippen LogP contribution in [0, 0.1) is 17.0 Å². The third-order valence-electron chi connectivity index (χ3n) is 7.36. The summed E-state index contributed by atoms with van der Waals surface area (Å²) >= 11 is 0. The molecule has 2 aliphatic rings. The molecule has 0 radical (unpaired) electrons. The predicted molar refractivity (Wildman–Crippen MR) is 149 cm³/mol. The summed E-state index contributed by atoms with van der Waals surface area (Å²) in [5, 5.41) is 10.4. The lowest BCUT2D eigenvalue weighted by Gasteiger charge is -2.25. The Morgan fingerprint density at radius 1 is 1.30 bits per heavy atom. The van der Waals surface area contributed by atoms with Gasteiger partial charge in [0.05, 0.1) is 29.5 Å². The minimum Gasteiger partial charge on any atom is -0.496 e. The summed E-state index contributed by atoms with van der Waals surface area (Å²) in [6, 6.07) is 5.48. The Bertz CT molecular complexity index is 1600. The van der Waals surface area contributed by atoms with E-state index in [1.54, 1.807) is 19.3 Å². The van der Waals surface area contributed by atoms with Gasteiger partial charge in [0.2, 0.25) is 5.91 Å². The lowest BCUT2D eigenvalue weighted by Crippen LogP contribution is -2.34. The molecular weight excluding hydrogens is 520 g/mol. The molecule has 2 saturated heterocycles. The van der Waals surface area contributed by atoms with Crippen molar-refractivity contribution in [2.75, 3.05) is 37.0 Å². The van der Waals surface area contributed by atoms with Crippen LogP contribution < -0.4 is 20.3 Å². The number of fused-ring (bicyclic) bond motifs is 1. The van der Waals surface area contributed by atoms with E-state index in [2.05, 4.69) is 32.3 Å². The number of ether oxygens (including phenoxy) is 1. The number of nitrogens with one attached hydrogen (secondary N) is 2. The quantitative estimate of drug-likeness (QED) is 0.361. The summed E-state index contributed by atoms with van der Waals surface area (Å²) in [5.41, 5.74) is 0.312. The fourth-order valence-corrected chi connectivity index (χ4v) is 5.40. The fraction of sp³-hybridized carbons (Fsp3) is 0.321. The van der Waals surface area contributed by atoms with E-state index in [0.717, 1.165) is 0 Å². The van der Waals surface area contributed by atoms with Crippen LogP contribution in [-0.4, -0.2) is 59.9 Å². The number of aryl methyl sites for hydroxylation is 1. The van der Waals surface area contributed by atoms with E-state index < -0.39 is 23.0 Å². The lowest BCUT2D eigenvalue weighted by molar-refractivity contribution is -0.126. The number of rotatable bonds is 6. The largest absolute Gasteiger partial charge is 0.496 e. The molecule has 1 spiro atoms. The van der Waals surface area contributed by atoms with Gasteiger partial charge in [-0.05, 0) is 31.9 Å². The average Bonchev–Trinajstić information content (AvgIpc) is 3.62. The first-order valence-electron chi connectivity index (χ1n) is 12.7. The Hall–Kier alpha value is -4.61. The maximum absolute atomic E-state index is 15.2. The number of nitrogens with zero attached hydrogens (tertiary/aromatic N) is 5. The molecule has 2 N–H and O–H groups in total. The van der Waals surface area contributed by atoms with Crippen molar-refractivity contribution in [3.63, 3.8) is 0 Å². The number of benzene rings is 2. The van der Waals surface area contributed by atoms with Crippen molar-refractivity contribution in [3.05, 3.63) is 60.4 Å². The molecule has 2 aromatic carbocycles. The molecule has 2 aliphatic heterocycles. The molecule has 3 aromatic rings. The number of carbonyl (C=O) groups is 2. The second-order valence-corrected chi connectivity index (χ2v) is 9.88. The van der Waals surface area contributed by atoms with Gasteiger partial charge < -0.3 is 20.3 Å². The number of anilines is 2. The van der Waals surface area contributed by atoms with E-state index in [-0.39, 0.29) is 40.0 Å². The van der Waals surface area contributed by atoms with Crippen LogP contribution in [0.15, 0.2) is 53.2 Å². The number of hydrogen-bond donors (Lipinski definition) is 2. The highest BCUT2D eigenvalue weighted by molar-refractivity contribution is 6.44. The van der Waals surface area contributed by atoms with Gasteiger partial charge in [0, 0.05) is 50.5 Å².